The fourth-order valence-electron chi connectivity index (χ4n) is 1.41. The molecule has 21 heavy (non-hydrogen) atoms. The summed E-state index contributed by atoms with van der Waals surface area (Å²) in [5.74, 6) is -0.247. The smallest absolute Gasteiger partial charge is 0.349 e. The van der Waals surface area contributed by atoms with E-state index in [0.717, 1.165) is 0 Å². The molecule has 0 aliphatic carbocycles. The summed E-state index contributed by atoms with van der Waals surface area (Å²) in [4.78, 5) is 35.2. The molecular formula is C12H13N5O3S. The summed E-state index contributed by atoms with van der Waals surface area (Å²) < 4.78 is 4.62. The molecule has 2 aromatic rings. The maximum atomic E-state index is 11.4. The highest BCUT2D eigenvalue weighted by molar-refractivity contribution is 7.16. The Hall–Kier alpha value is -2.55. The van der Waals surface area contributed by atoms with Gasteiger partial charge in [-0.1, -0.05) is 0 Å². The number of rotatable bonds is 4. The van der Waals surface area contributed by atoms with Crippen molar-refractivity contribution in [2.45, 2.75) is 6.92 Å². The fourth-order valence-corrected chi connectivity index (χ4v) is 2.22. The van der Waals surface area contributed by atoms with Gasteiger partial charge in [0.15, 0.2) is 0 Å². The summed E-state index contributed by atoms with van der Waals surface area (Å²) in [5.41, 5.74) is 0.650. The third-order valence-electron chi connectivity index (χ3n) is 2.35. The van der Waals surface area contributed by atoms with Crippen LogP contribution in [0.5, 0.6) is 0 Å². The Kier molecular flexibility index (Phi) is 4.77. The minimum atomic E-state index is -0.436. The molecule has 0 saturated carbocycles. The summed E-state index contributed by atoms with van der Waals surface area (Å²) in [5, 5.41) is 5.66. The first-order valence-corrected chi connectivity index (χ1v) is 6.87. The lowest BCUT2D eigenvalue weighted by Gasteiger charge is -2.03. The van der Waals surface area contributed by atoms with Gasteiger partial charge >= 0.3 is 12.0 Å². The predicted molar refractivity (Wildman–Crippen MR) is 77.2 cm³/mol. The number of nitrogens with zero attached hydrogens (tertiary/aromatic N) is 3. The number of hydrogen-bond donors (Lipinski definition) is 2. The monoisotopic (exact) mass is 307 g/mol. The maximum Gasteiger partial charge on any atom is 0.349 e. The van der Waals surface area contributed by atoms with E-state index in [1.807, 2.05) is 6.92 Å². The highest BCUT2D eigenvalue weighted by Gasteiger charge is 2.12. The molecule has 0 atom stereocenters. The number of hydrogen-bond acceptors (Lipinski definition) is 7. The Balaban J connectivity index is 2.10. The molecule has 0 aliphatic rings. The molecule has 0 bridgehead atoms. The molecule has 9 heteroatoms. The van der Waals surface area contributed by atoms with Gasteiger partial charge in [0.25, 0.3) is 0 Å². The van der Waals surface area contributed by atoms with Gasteiger partial charge in [-0.2, -0.15) is 0 Å². The third kappa shape index (κ3) is 3.72. The molecule has 8 nitrogen and oxygen atoms in total. The van der Waals surface area contributed by atoms with E-state index in [-0.39, 0.29) is 12.0 Å². The highest BCUT2D eigenvalue weighted by Crippen LogP contribution is 2.24. The second kappa shape index (κ2) is 6.75. The molecule has 2 heterocycles. The van der Waals surface area contributed by atoms with E-state index < -0.39 is 5.97 Å². The number of aromatic nitrogens is 3. The van der Waals surface area contributed by atoms with E-state index in [0.29, 0.717) is 22.0 Å². The number of anilines is 1. The van der Waals surface area contributed by atoms with Gasteiger partial charge in [-0.3, -0.25) is 5.32 Å². The van der Waals surface area contributed by atoms with Gasteiger partial charge in [0.05, 0.1) is 13.3 Å². The number of nitrogens with one attached hydrogen (secondary N) is 2. The van der Waals surface area contributed by atoms with Crippen molar-refractivity contribution in [2.24, 2.45) is 0 Å². The van der Waals surface area contributed by atoms with Gasteiger partial charge in [-0.15, -0.1) is 11.3 Å². The zero-order chi connectivity index (χ0) is 15.2. The first-order valence-electron chi connectivity index (χ1n) is 6.05. The van der Waals surface area contributed by atoms with Gasteiger partial charge in [0, 0.05) is 24.5 Å². The standard InChI is InChI=1S/C12H13N5O3S/c1-3-13-12(19)17-11-15-4-7(5-16-11)9-14-6-8(21-9)10(18)20-2/h4-6H,3H2,1-2H3,(H2,13,15,16,17,19). The largest absolute Gasteiger partial charge is 0.465 e. The van der Waals surface area contributed by atoms with Crippen molar-refractivity contribution in [2.75, 3.05) is 19.0 Å². The van der Waals surface area contributed by atoms with Crippen LogP contribution in [0.4, 0.5) is 10.7 Å². The quantitative estimate of drug-likeness (QED) is 0.830. The second-order valence-corrected chi connectivity index (χ2v) is 4.83. The molecule has 0 aromatic carbocycles. The van der Waals surface area contributed by atoms with Crippen LogP contribution < -0.4 is 10.6 Å². The molecular weight excluding hydrogens is 294 g/mol. The lowest BCUT2D eigenvalue weighted by Crippen LogP contribution is -2.28. The molecule has 0 radical (unpaired) electrons. The van der Waals surface area contributed by atoms with Crippen molar-refractivity contribution >= 4 is 29.3 Å². The van der Waals surface area contributed by atoms with Crippen LogP contribution in [-0.2, 0) is 4.74 Å². The molecule has 0 fully saturated rings. The van der Waals surface area contributed by atoms with E-state index in [1.54, 1.807) is 0 Å². The highest BCUT2D eigenvalue weighted by atomic mass is 32.1. The minimum Gasteiger partial charge on any atom is -0.465 e. The molecule has 0 saturated heterocycles. The second-order valence-electron chi connectivity index (χ2n) is 3.80. The van der Waals surface area contributed by atoms with Crippen LogP contribution in [-0.4, -0.2) is 40.6 Å². The number of ether oxygens (including phenoxy) is 1. The zero-order valence-corrected chi connectivity index (χ0v) is 12.2. The average Bonchev–Trinajstić information content (AvgIpc) is 2.97. The Morgan fingerprint density at radius 2 is 1.95 bits per heavy atom. The Labute approximate surface area is 124 Å². The van der Waals surface area contributed by atoms with Crippen LogP contribution in [0, 0.1) is 0 Å². The molecule has 2 N–H and O–H groups in total. The van der Waals surface area contributed by atoms with Gasteiger partial charge < -0.3 is 10.1 Å². The van der Waals surface area contributed by atoms with Crippen LogP contribution in [0.25, 0.3) is 10.6 Å². The number of carbonyl (C=O) groups excluding carboxylic acids is 2. The van der Waals surface area contributed by atoms with E-state index in [2.05, 4.69) is 30.3 Å². The first-order chi connectivity index (χ1) is 10.1. The summed E-state index contributed by atoms with van der Waals surface area (Å²) in [6.45, 7) is 2.32. The zero-order valence-electron chi connectivity index (χ0n) is 11.4. The van der Waals surface area contributed by atoms with Crippen LogP contribution in [0.15, 0.2) is 18.6 Å². The van der Waals surface area contributed by atoms with E-state index in [9.17, 15) is 9.59 Å². The lowest BCUT2D eigenvalue weighted by molar-refractivity contribution is 0.0606. The molecule has 0 aliphatic heterocycles. The number of carbonyl (C=O) groups is 2. The van der Waals surface area contributed by atoms with Crippen molar-refractivity contribution < 1.29 is 14.3 Å². The van der Waals surface area contributed by atoms with Crippen molar-refractivity contribution in [1.29, 1.82) is 0 Å². The molecule has 2 amide bonds. The number of amides is 2. The fraction of sp³-hybridized carbons (Fsp3) is 0.250. The van der Waals surface area contributed by atoms with Gasteiger partial charge in [0.1, 0.15) is 9.88 Å². The summed E-state index contributed by atoms with van der Waals surface area (Å²) >= 11 is 1.18. The first kappa shape index (κ1) is 14.9. The summed E-state index contributed by atoms with van der Waals surface area (Å²) in [6, 6.07) is -0.368. The molecule has 110 valence electrons. The van der Waals surface area contributed by atoms with Crippen molar-refractivity contribution in [3.05, 3.63) is 23.5 Å². The van der Waals surface area contributed by atoms with Crippen LogP contribution in [0.3, 0.4) is 0 Å². The Morgan fingerprint density at radius 3 is 2.57 bits per heavy atom. The van der Waals surface area contributed by atoms with Gasteiger partial charge in [0.2, 0.25) is 5.95 Å². The normalized spacial score (nSPS) is 10.0. The van der Waals surface area contributed by atoms with Crippen molar-refractivity contribution in [3.8, 4) is 10.6 Å². The maximum absolute atomic E-state index is 11.4. The SMILES string of the molecule is CCNC(=O)Nc1ncc(-c2ncc(C(=O)OC)s2)cn1. The van der Waals surface area contributed by atoms with E-state index in [1.165, 1.54) is 37.0 Å². The Bertz CT molecular complexity index is 641. The van der Waals surface area contributed by atoms with Crippen LogP contribution in [0.2, 0.25) is 0 Å². The molecule has 2 rings (SSSR count). The third-order valence-corrected chi connectivity index (χ3v) is 3.38. The molecule has 0 unspecified atom stereocenters. The average molecular weight is 307 g/mol. The van der Waals surface area contributed by atoms with Crippen LogP contribution in [0.1, 0.15) is 16.6 Å². The number of methoxy groups -OCH3 is 1. The molecule has 0 spiro atoms. The predicted octanol–water partition coefficient (Wildman–Crippen LogP) is 1.53. The Morgan fingerprint density at radius 1 is 1.24 bits per heavy atom. The van der Waals surface area contributed by atoms with Crippen LogP contribution >= 0.6 is 11.3 Å². The van der Waals surface area contributed by atoms with E-state index >= 15 is 0 Å². The molecule has 2 aromatic heterocycles. The van der Waals surface area contributed by atoms with E-state index in [4.69, 9.17) is 0 Å². The van der Waals surface area contributed by atoms with Gasteiger partial charge in [-0.25, -0.2) is 24.5 Å². The minimum absolute atomic E-state index is 0.189. The van der Waals surface area contributed by atoms with Gasteiger partial charge in [-0.05, 0) is 6.92 Å². The number of thiazole rings is 1. The summed E-state index contributed by atoms with van der Waals surface area (Å²) in [7, 11) is 1.31. The summed E-state index contributed by atoms with van der Waals surface area (Å²) in [6.07, 6.45) is 4.48. The lowest BCUT2D eigenvalue weighted by atomic mass is 10.4. The van der Waals surface area contributed by atoms with Crippen molar-refractivity contribution in [3.63, 3.8) is 0 Å². The topological polar surface area (TPSA) is 106 Å². The van der Waals surface area contributed by atoms with Crippen molar-refractivity contribution in [1.82, 2.24) is 20.3 Å². The number of esters is 1. The number of urea groups is 1.